The van der Waals surface area contributed by atoms with Crippen LogP contribution < -0.4 is 10.6 Å². The van der Waals surface area contributed by atoms with Crippen LogP contribution in [0.15, 0.2) is 4.99 Å². The normalized spacial score (nSPS) is 29.2. The van der Waals surface area contributed by atoms with Crippen molar-refractivity contribution in [1.82, 2.24) is 15.5 Å². The Bertz CT molecular complexity index is 466. The third kappa shape index (κ3) is 5.98. The molecule has 1 heterocycles. The number of aliphatic imine (C=N–C) groups is 1. The molecule has 3 rings (SSSR count). The summed E-state index contributed by atoms with van der Waals surface area (Å²) in [6, 6.07) is 0.527. The van der Waals surface area contributed by atoms with Crippen LogP contribution in [-0.2, 0) is 9.53 Å². The highest BCUT2D eigenvalue weighted by molar-refractivity contribution is 14.0. The van der Waals surface area contributed by atoms with E-state index in [9.17, 15) is 4.79 Å². The van der Waals surface area contributed by atoms with Crippen molar-refractivity contribution in [3.05, 3.63) is 0 Å². The maximum Gasteiger partial charge on any atom is 0.243 e. The number of rotatable bonds is 5. The molecule has 2 N–H and O–H groups in total. The lowest BCUT2D eigenvalue weighted by Gasteiger charge is -2.27. The van der Waals surface area contributed by atoms with E-state index in [0.29, 0.717) is 12.0 Å². The summed E-state index contributed by atoms with van der Waals surface area (Å²) in [6.07, 6.45) is 7.55. The molecule has 1 aliphatic heterocycles. The van der Waals surface area contributed by atoms with E-state index in [0.717, 1.165) is 50.4 Å². The third-order valence-corrected chi connectivity index (χ3v) is 5.83. The second kappa shape index (κ2) is 9.94. The number of nitrogens with zero attached hydrogens (tertiary/aromatic N) is 2. The van der Waals surface area contributed by atoms with E-state index in [-0.39, 0.29) is 36.4 Å². The van der Waals surface area contributed by atoms with Crippen molar-refractivity contribution in [2.75, 3.05) is 40.4 Å². The first kappa shape index (κ1) is 20.7. The number of hydrogen-bond donors (Lipinski definition) is 2. The van der Waals surface area contributed by atoms with E-state index in [1.165, 1.54) is 25.7 Å². The standard InChI is InChI=1S/C18H32N4O2.HI/c1-22(2)17(23)12-20-18(19-11-13-5-7-24-8-6-13)21-16-10-14-3-4-15(16)9-14;/h13-16H,3-12H2,1-2H3,(H2,19,20,21);1H. The highest BCUT2D eigenvalue weighted by atomic mass is 127. The minimum absolute atomic E-state index is 0. The summed E-state index contributed by atoms with van der Waals surface area (Å²) in [6.45, 7) is 2.83. The molecule has 3 fully saturated rings. The van der Waals surface area contributed by atoms with Crippen LogP contribution in [0, 0.1) is 17.8 Å². The summed E-state index contributed by atoms with van der Waals surface area (Å²) in [5.41, 5.74) is 0. The molecule has 1 saturated heterocycles. The van der Waals surface area contributed by atoms with Crippen LogP contribution in [0.5, 0.6) is 0 Å². The van der Waals surface area contributed by atoms with Gasteiger partial charge in [0.1, 0.15) is 6.54 Å². The van der Waals surface area contributed by atoms with Gasteiger partial charge in [0.15, 0.2) is 5.96 Å². The molecule has 3 aliphatic rings. The number of fused-ring (bicyclic) bond motifs is 2. The van der Waals surface area contributed by atoms with E-state index in [4.69, 9.17) is 4.74 Å². The van der Waals surface area contributed by atoms with Crippen LogP contribution in [0.25, 0.3) is 0 Å². The number of amides is 1. The zero-order valence-corrected chi connectivity index (χ0v) is 17.8. The maximum absolute atomic E-state index is 11.9. The molecule has 0 aromatic carbocycles. The molecule has 25 heavy (non-hydrogen) atoms. The van der Waals surface area contributed by atoms with Gasteiger partial charge in [-0.05, 0) is 49.9 Å². The fourth-order valence-corrected chi connectivity index (χ4v) is 4.23. The summed E-state index contributed by atoms with van der Waals surface area (Å²) in [5, 5.41) is 7.10. The molecule has 7 heteroatoms. The molecule has 0 spiro atoms. The fourth-order valence-electron chi connectivity index (χ4n) is 4.23. The summed E-state index contributed by atoms with van der Waals surface area (Å²) < 4.78 is 5.43. The SMILES string of the molecule is CN(C)C(=O)CN=C(NCC1CCOCC1)NC1CC2CCC1C2.I. The highest BCUT2D eigenvalue weighted by Gasteiger charge is 2.39. The molecular weight excluding hydrogens is 431 g/mol. The van der Waals surface area contributed by atoms with Crippen LogP contribution in [0.3, 0.4) is 0 Å². The van der Waals surface area contributed by atoms with Gasteiger partial charge < -0.3 is 20.3 Å². The Hall–Kier alpha value is -0.570. The Balaban J connectivity index is 0.00000225. The predicted molar refractivity (Wildman–Crippen MR) is 110 cm³/mol. The molecule has 0 aromatic rings. The molecule has 2 bridgehead atoms. The molecule has 144 valence electrons. The molecule has 3 atom stereocenters. The molecule has 6 nitrogen and oxygen atoms in total. The average molecular weight is 464 g/mol. The van der Waals surface area contributed by atoms with Gasteiger partial charge in [0.25, 0.3) is 0 Å². The molecule has 3 unspecified atom stereocenters. The van der Waals surface area contributed by atoms with Crippen molar-refractivity contribution in [2.45, 2.75) is 44.6 Å². The minimum Gasteiger partial charge on any atom is -0.381 e. The second-order valence-corrected chi connectivity index (χ2v) is 7.82. The van der Waals surface area contributed by atoms with Crippen LogP contribution in [0.2, 0.25) is 0 Å². The summed E-state index contributed by atoms with van der Waals surface area (Å²) in [5.74, 6) is 3.17. The van der Waals surface area contributed by atoms with Gasteiger partial charge in [0.05, 0.1) is 0 Å². The van der Waals surface area contributed by atoms with Gasteiger partial charge in [-0.1, -0.05) is 6.42 Å². The van der Waals surface area contributed by atoms with Crippen molar-refractivity contribution in [1.29, 1.82) is 0 Å². The zero-order valence-electron chi connectivity index (χ0n) is 15.5. The van der Waals surface area contributed by atoms with Gasteiger partial charge in [0, 0.05) is 39.9 Å². The molecule has 2 aliphatic carbocycles. The van der Waals surface area contributed by atoms with Crippen LogP contribution in [-0.4, -0.2) is 63.2 Å². The lowest BCUT2D eigenvalue weighted by Crippen LogP contribution is -2.47. The number of likely N-dealkylation sites (N-methyl/N-ethyl adjacent to an activating group) is 1. The van der Waals surface area contributed by atoms with Gasteiger partial charge in [-0.25, -0.2) is 4.99 Å². The Kier molecular flexibility index (Phi) is 8.25. The lowest BCUT2D eigenvalue weighted by atomic mass is 9.95. The average Bonchev–Trinajstić information content (AvgIpc) is 3.20. The zero-order chi connectivity index (χ0) is 16.9. The molecule has 0 aromatic heterocycles. The minimum atomic E-state index is 0. The molecule has 1 amide bonds. The molecule has 2 saturated carbocycles. The number of hydrogen-bond acceptors (Lipinski definition) is 3. The van der Waals surface area contributed by atoms with Crippen LogP contribution >= 0.6 is 24.0 Å². The van der Waals surface area contributed by atoms with E-state index in [2.05, 4.69) is 15.6 Å². The number of carbonyl (C=O) groups excluding carboxylic acids is 1. The van der Waals surface area contributed by atoms with Crippen molar-refractivity contribution < 1.29 is 9.53 Å². The second-order valence-electron chi connectivity index (χ2n) is 7.82. The topological polar surface area (TPSA) is 66.0 Å². The highest BCUT2D eigenvalue weighted by Crippen LogP contribution is 2.44. The van der Waals surface area contributed by atoms with Crippen LogP contribution in [0.1, 0.15) is 38.5 Å². The van der Waals surface area contributed by atoms with Gasteiger partial charge in [-0.2, -0.15) is 0 Å². The van der Waals surface area contributed by atoms with Gasteiger partial charge in [-0.15, -0.1) is 24.0 Å². The van der Waals surface area contributed by atoms with Gasteiger partial charge in [-0.3, -0.25) is 4.79 Å². The predicted octanol–water partition coefficient (Wildman–Crippen LogP) is 1.84. The third-order valence-electron chi connectivity index (χ3n) is 5.83. The van der Waals surface area contributed by atoms with E-state index in [1.54, 1.807) is 19.0 Å². The first-order valence-corrected chi connectivity index (χ1v) is 9.44. The van der Waals surface area contributed by atoms with Crippen molar-refractivity contribution in [3.63, 3.8) is 0 Å². The van der Waals surface area contributed by atoms with Gasteiger partial charge >= 0.3 is 0 Å². The van der Waals surface area contributed by atoms with Crippen LogP contribution in [0.4, 0.5) is 0 Å². The van der Waals surface area contributed by atoms with Crippen molar-refractivity contribution >= 4 is 35.8 Å². The summed E-state index contributed by atoms with van der Waals surface area (Å²) in [4.78, 5) is 18.0. The van der Waals surface area contributed by atoms with E-state index in [1.807, 2.05) is 0 Å². The first-order chi connectivity index (χ1) is 11.6. The Labute approximate surface area is 168 Å². The Morgan fingerprint density at radius 1 is 1.16 bits per heavy atom. The van der Waals surface area contributed by atoms with Gasteiger partial charge in [0.2, 0.25) is 5.91 Å². The smallest absolute Gasteiger partial charge is 0.243 e. The number of nitrogens with one attached hydrogen (secondary N) is 2. The van der Waals surface area contributed by atoms with E-state index < -0.39 is 0 Å². The fraction of sp³-hybridized carbons (Fsp3) is 0.889. The molecule has 0 radical (unpaired) electrons. The number of ether oxygens (including phenoxy) is 1. The Morgan fingerprint density at radius 3 is 2.52 bits per heavy atom. The lowest BCUT2D eigenvalue weighted by molar-refractivity contribution is -0.127. The monoisotopic (exact) mass is 464 g/mol. The largest absolute Gasteiger partial charge is 0.381 e. The Morgan fingerprint density at radius 2 is 1.92 bits per heavy atom. The number of halogens is 1. The van der Waals surface area contributed by atoms with Crippen molar-refractivity contribution in [3.8, 4) is 0 Å². The maximum atomic E-state index is 11.9. The first-order valence-electron chi connectivity index (χ1n) is 9.44. The molecular formula is C18H33IN4O2. The summed E-state index contributed by atoms with van der Waals surface area (Å²) in [7, 11) is 3.55. The quantitative estimate of drug-likeness (QED) is 0.370. The summed E-state index contributed by atoms with van der Waals surface area (Å²) >= 11 is 0. The van der Waals surface area contributed by atoms with Crippen molar-refractivity contribution in [2.24, 2.45) is 22.7 Å². The van der Waals surface area contributed by atoms with E-state index >= 15 is 0 Å². The number of carbonyl (C=O) groups is 1. The number of guanidine groups is 1.